The molecule has 0 fully saturated rings. The van der Waals surface area contributed by atoms with E-state index in [1.54, 1.807) is 7.11 Å². The molecular formula is C17H32O2Si. The molecule has 0 saturated heterocycles. The molecule has 0 aromatic heterocycles. The van der Waals surface area contributed by atoms with Crippen molar-refractivity contribution in [2.24, 2.45) is 5.92 Å². The molecule has 0 bridgehead atoms. The van der Waals surface area contributed by atoms with Gasteiger partial charge in [-0.25, -0.2) is 0 Å². The lowest BCUT2D eigenvalue weighted by atomic mass is 9.97. The van der Waals surface area contributed by atoms with Crippen LogP contribution in [0, 0.1) is 18.3 Å². The summed E-state index contributed by atoms with van der Waals surface area (Å²) in [7, 11) is 0.179. The lowest BCUT2D eigenvalue weighted by Crippen LogP contribution is -2.36. The highest BCUT2D eigenvalue weighted by Crippen LogP contribution is 2.23. The second kappa shape index (κ2) is 10.2. The standard InChI is InChI=1S/C17H32O2Si/c1-8-16(17(9-2)18-7)13-15(6)14-19-20(10-3,11-4)12-5/h2,13,16-17H,8,10-12,14H2,1,3-7H3/b15-13-/t16-,17-/m0/s1. The van der Waals surface area contributed by atoms with Crippen molar-refractivity contribution in [3.05, 3.63) is 11.6 Å². The van der Waals surface area contributed by atoms with E-state index in [2.05, 4.69) is 46.6 Å². The third kappa shape index (κ3) is 5.83. The molecule has 116 valence electrons. The number of terminal acetylenes is 1. The van der Waals surface area contributed by atoms with Crippen molar-refractivity contribution in [3.63, 3.8) is 0 Å². The van der Waals surface area contributed by atoms with E-state index in [-0.39, 0.29) is 12.0 Å². The minimum atomic E-state index is -1.50. The van der Waals surface area contributed by atoms with E-state index in [1.807, 2.05) is 0 Å². The predicted molar refractivity (Wildman–Crippen MR) is 90.3 cm³/mol. The van der Waals surface area contributed by atoms with Crippen LogP contribution in [0.2, 0.25) is 18.1 Å². The van der Waals surface area contributed by atoms with Gasteiger partial charge in [-0.05, 0) is 31.5 Å². The van der Waals surface area contributed by atoms with E-state index < -0.39 is 8.32 Å². The summed E-state index contributed by atoms with van der Waals surface area (Å²) in [6.07, 6.45) is 8.59. The Balaban J connectivity index is 4.69. The first kappa shape index (κ1) is 19.4. The van der Waals surface area contributed by atoms with Gasteiger partial charge >= 0.3 is 0 Å². The smallest absolute Gasteiger partial charge is 0.192 e. The highest BCUT2D eigenvalue weighted by Gasteiger charge is 2.28. The Kier molecular flexibility index (Phi) is 9.92. The topological polar surface area (TPSA) is 18.5 Å². The molecule has 20 heavy (non-hydrogen) atoms. The van der Waals surface area contributed by atoms with Crippen molar-refractivity contribution in [1.82, 2.24) is 0 Å². The molecule has 0 aromatic rings. The summed E-state index contributed by atoms with van der Waals surface area (Å²) in [5.74, 6) is 2.99. The van der Waals surface area contributed by atoms with E-state index in [0.29, 0.717) is 0 Å². The highest BCUT2D eigenvalue weighted by molar-refractivity contribution is 6.73. The van der Waals surface area contributed by atoms with Gasteiger partial charge in [0.1, 0.15) is 6.10 Å². The van der Waals surface area contributed by atoms with E-state index >= 15 is 0 Å². The van der Waals surface area contributed by atoms with E-state index in [1.165, 1.54) is 23.7 Å². The Bertz CT molecular complexity index is 318. The maximum Gasteiger partial charge on any atom is 0.192 e. The minimum Gasteiger partial charge on any atom is -0.413 e. The summed E-state index contributed by atoms with van der Waals surface area (Å²) >= 11 is 0. The van der Waals surface area contributed by atoms with Crippen LogP contribution in [0.1, 0.15) is 41.0 Å². The number of ether oxygens (including phenoxy) is 1. The molecule has 0 aliphatic carbocycles. The quantitative estimate of drug-likeness (QED) is 0.332. The summed E-state index contributed by atoms with van der Waals surface area (Å²) in [6.45, 7) is 11.8. The average Bonchev–Trinajstić information content (AvgIpc) is 2.49. The fourth-order valence-electron chi connectivity index (χ4n) is 2.52. The van der Waals surface area contributed by atoms with Crippen LogP contribution in [0.4, 0.5) is 0 Å². The van der Waals surface area contributed by atoms with Crippen LogP contribution in [0.15, 0.2) is 11.6 Å². The first-order valence-corrected chi connectivity index (χ1v) is 10.3. The van der Waals surface area contributed by atoms with Crippen LogP contribution in [-0.2, 0) is 9.16 Å². The van der Waals surface area contributed by atoms with Gasteiger partial charge in [0.15, 0.2) is 8.32 Å². The van der Waals surface area contributed by atoms with E-state index in [4.69, 9.17) is 15.6 Å². The van der Waals surface area contributed by atoms with Gasteiger partial charge in [-0.2, -0.15) is 0 Å². The van der Waals surface area contributed by atoms with Crippen molar-refractivity contribution in [1.29, 1.82) is 0 Å². The molecule has 0 spiro atoms. The summed E-state index contributed by atoms with van der Waals surface area (Å²) in [5, 5.41) is 0. The van der Waals surface area contributed by atoms with Crippen LogP contribution in [0.25, 0.3) is 0 Å². The normalized spacial score (nSPS) is 15.8. The molecule has 0 aromatic carbocycles. The van der Waals surface area contributed by atoms with Gasteiger partial charge < -0.3 is 9.16 Å². The van der Waals surface area contributed by atoms with Gasteiger partial charge in [0.25, 0.3) is 0 Å². The fourth-order valence-corrected chi connectivity index (χ4v) is 5.17. The van der Waals surface area contributed by atoms with Crippen molar-refractivity contribution in [2.45, 2.75) is 65.3 Å². The minimum absolute atomic E-state index is 0.138. The highest BCUT2D eigenvalue weighted by atomic mass is 28.4. The molecule has 0 aliphatic heterocycles. The number of hydrogen-bond donors (Lipinski definition) is 0. The second-order valence-corrected chi connectivity index (χ2v) is 10.2. The monoisotopic (exact) mass is 296 g/mol. The molecule has 0 saturated carbocycles. The van der Waals surface area contributed by atoms with Crippen LogP contribution in [0.3, 0.4) is 0 Å². The van der Waals surface area contributed by atoms with Gasteiger partial charge in [0.2, 0.25) is 0 Å². The first-order valence-electron chi connectivity index (χ1n) is 7.82. The summed E-state index contributed by atoms with van der Waals surface area (Å²) < 4.78 is 11.7. The third-order valence-electron chi connectivity index (χ3n) is 4.32. The number of methoxy groups -OCH3 is 1. The van der Waals surface area contributed by atoms with Crippen molar-refractivity contribution < 1.29 is 9.16 Å². The lowest BCUT2D eigenvalue weighted by molar-refractivity contribution is 0.112. The fraction of sp³-hybridized carbons (Fsp3) is 0.765. The summed E-state index contributed by atoms with van der Waals surface area (Å²) in [6, 6.07) is 3.57. The molecule has 0 unspecified atom stereocenters. The first-order chi connectivity index (χ1) is 9.52. The molecule has 0 amide bonds. The third-order valence-corrected chi connectivity index (χ3v) is 8.94. The van der Waals surface area contributed by atoms with Gasteiger partial charge in [-0.3, -0.25) is 0 Å². The number of rotatable bonds is 10. The zero-order valence-electron chi connectivity index (χ0n) is 14.2. The number of hydrogen-bond acceptors (Lipinski definition) is 2. The Hall–Kier alpha value is -0.563. The van der Waals surface area contributed by atoms with Crippen molar-refractivity contribution in [2.75, 3.05) is 13.7 Å². The van der Waals surface area contributed by atoms with Crippen molar-refractivity contribution >= 4 is 8.32 Å². The maximum atomic E-state index is 6.31. The zero-order chi connectivity index (χ0) is 15.6. The van der Waals surface area contributed by atoms with Crippen LogP contribution in [-0.4, -0.2) is 28.1 Å². The maximum absolute atomic E-state index is 6.31. The van der Waals surface area contributed by atoms with E-state index in [9.17, 15) is 0 Å². The van der Waals surface area contributed by atoms with Crippen molar-refractivity contribution in [3.8, 4) is 12.3 Å². The summed E-state index contributed by atoms with van der Waals surface area (Å²) in [4.78, 5) is 0. The van der Waals surface area contributed by atoms with Crippen LogP contribution >= 0.6 is 0 Å². The molecule has 2 atom stereocenters. The molecule has 0 aliphatic rings. The Morgan fingerprint density at radius 3 is 2.10 bits per heavy atom. The Morgan fingerprint density at radius 2 is 1.75 bits per heavy atom. The molecule has 0 rings (SSSR count). The van der Waals surface area contributed by atoms with E-state index in [0.717, 1.165) is 13.0 Å². The lowest BCUT2D eigenvalue weighted by Gasteiger charge is -2.28. The SMILES string of the molecule is C#C[C@H](OC)[C@H](/C=C(/C)CO[Si](CC)(CC)CC)CC. The molecule has 3 heteroatoms. The predicted octanol–water partition coefficient (Wildman–Crippen LogP) is 4.63. The molecule has 0 radical (unpaired) electrons. The molecule has 2 nitrogen and oxygen atoms in total. The molecule has 0 heterocycles. The van der Waals surface area contributed by atoms with Gasteiger partial charge in [0.05, 0.1) is 6.61 Å². The van der Waals surface area contributed by atoms with Gasteiger partial charge in [-0.15, -0.1) is 6.42 Å². The second-order valence-electron chi connectivity index (χ2n) is 5.44. The van der Waals surface area contributed by atoms with Crippen LogP contribution in [0.5, 0.6) is 0 Å². The van der Waals surface area contributed by atoms with Gasteiger partial charge in [-0.1, -0.05) is 45.3 Å². The molecule has 0 N–H and O–H groups in total. The van der Waals surface area contributed by atoms with Crippen LogP contribution < -0.4 is 0 Å². The zero-order valence-corrected chi connectivity index (χ0v) is 15.2. The summed E-state index contributed by atoms with van der Waals surface area (Å²) in [5.41, 5.74) is 1.27. The largest absolute Gasteiger partial charge is 0.413 e. The molecular weight excluding hydrogens is 264 g/mol. The average molecular weight is 297 g/mol. The van der Waals surface area contributed by atoms with Gasteiger partial charge in [0, 0.05) is 13.0 Å². The Labute approximate surface area is 127 Å². The Morgan fingerprint density at radius 1 is 1.20 bits per heavy atom.